The Labute approximate surface area is 151 Å². The summed E-state index contributed by atoms with van der Waals surface area (Å²) >= 11 is 0. The van der Waals surface area contributed by atoms with Crippen LogP contribution in [-0.4, -0.2) is 20.7 Å². The normalized spacial score (nSPS) is 11.3. The van der Waals surface area contributed by atoms with Crippen molar-refractivity contribution in [2.24, 2.45) is 5.92 Å². The van der Waals surface area contributed by atoms with E-state index in [0.717, 1.165) is 22.7 Å². The number of pyridine rings is 1. The lowest BCUT2D eigenvalue weighted by molar-refractivity contribution is 0.102. The highest BCUT2D eigenvalue weighted by atomic mass is 16.1. The van der Waals surface area contributed by atoms with E-state index < -0.39 is 0 Å². The lowest BCUT2D eigenvalue weighted by Crippen LogP contribution is -2.12. The van der Waals surface area contributed by atoms with Crippen LogP contribution in [0.4, 0.5) is 5.69 Å². The van der Waals surface area contributed by atoms with Gasteiger partial charge < -0.3 is 5.32 Å². The molecule has 130 valence electrons. The van der Waals surface area contributed by atoms with Gasteiger partial charge in [-0.2, -0.15) is 5.10 Å². The van der Waals surface area contributed by atoms with E-state index in [2.05, 4.69) is 35.3 Å². The van der Waals surface area contributed by atoms with E-state index in [9.17, 15) is 4.79 Å². The Hall–Kier alpha value is -3.21. The van der Waals surface area contributed by atoms with Gasteiger partial charge in [0.2, 0.25) is 0 Å². The molecule has 0 aliphatic rings. The van der Waals surface area contributed by atoms with Crippen molar-refractivity contribution in [1.82, 2.24) is 14.8 Å². The van der Waals surface area contributed by atoms with Gasteiger partial charge in [-0.15, -0.1) is 0 Å². The number of carbonyl (C=O) groups excluding carboxylic acids is 1. The SMILES string of the molecule is CC(C)Cn1cc(NC(=O)c2cc3ccccc3c3cccnc23)cn1. The highest BCUT2D eigenvalue weighted by Gasteiger charge is 2.15. The second-order valence-electron chi connectivity index (χ2n) is 6.84. The minimum absolute atomic E-state index is 0.177. The topological polar surface area (TPSA) is 59.8 Å². The van der Waals surface area contributed by atoms with Crippen molar-refractivity contribution in [3.8, 4) is 0 Å². The smallest absolute Gasteiger partial charge is 0.257 e. The molecule has 0 saturated carbocycles. The second kappa shape index (κ2) is 6.59. The molecule has 0 atom stereocenters. The molecule has 0 unspecified atom stereocenters. The molecule has 1 N–H and O–H groups in total. The van der Waals surface area contributed by atoms with Crippen LogP contribution < -0.4 is 5.32 Å². The van der Waals surface area contributed by atoms with Gasteiger partial charge >= 0.3 is 0 Å². The van der Waals surface area contributed by atoms with Gasteiger partial charge in [0.05, 0.1) is 23.0 Å². The molecule has 0 radical (unpaired) electrons. The van der Waals surface area contributed by atoms with Crippen LogP contribution in [0.15, 0.2) is 61.1 Å². The lowest BCUT2D eigenvalue weighted by atomic mass is 10.0. The Morgan fingerprint density at radius 3 is 2.81 bits per heavy atom. The first kappa shape index (κ1) is 16.3. The fourth-order valence-corrected chi connectivity index (χ4v) is 3.20. The Kier molecular flexibility index (Phi) is 4.13. The molecule has 0 fully saturated rings. The highest BCUT2D eigenvalue weighted by Crippen LogP contribution is 2.27. The average Bonchev–Trinajstić information content (AvgIpc) is 3.07. The van der Waals surface area contributed by atoms with E-state index in [-0.39, 0.29) is 5.91 Å². The fraction of sp³-hybridized carbons (Fsp3) is 0.190. The van der Waals surface area contributed by atoms with Gasteiger partial charge in [0, 0.05) is 24.3 Å². The van der Waals surface area contributed by atoms with Crippen LogP contribution in [0.1, 0.15) is 24.2 Å². The predicted molar refractivity (Wildman–Crippen MR) is 104 cm³/mol. The summed E-state index contributed by atoms with van der Waals surface area (Å²) in [4.78, 5) is 17.4. The van der Waals surface area contributed by atoms with Crippen molar-refractivity contribution in [3.63, 3.8) is 0 Å². The van der Waals surface area contributed by atoms with Crippen molar-refractivity contribution in [2.75, 3.05) is 5.32 Å². The highest BCUT2D eigenvalue weighted by molar-refractivity contribution is 6.18. The number of aromatic nitrogens is 3. The van der Waals surface area contributed by atoms with Crippen LogP contribution in [0.3, 0.4) is 0 Å². The number of hydrogen-bond acceptors (Lipinski definition) is 3. The summed E-state index contributed by atoms with van der Waals surface area (Å²) in [5.41, 5.74) is 1.96. The van der Waals surface area contributed by atoms with Crippen molar-refractivity contribution in [1.29, 1.82) is 0 Å². The third-order valence-corrected chi connectivity index (χ3v) is 4.30. The molecule has 0 saturated heterocycles. The van der Waals surface area contributed by atoms with Crippen LogP contribution in [0.25, 0.3) is 21.7 Å². The number of amides is 1. The van der Waals surface area contributed by atoms with E-state index in [1.807, 2.05) is 47.3 Å². The lowest BCUT2D eigenvalue weighted by Gasteiger charge is -2.09. The minimum Gasteiger partial charge on any atom is -0.319 e. The largest absolute Gasteiger partial charge is 0.319 e. The summed E-state index contributed by atoms with van der Waals surface area (Å²) in [6, 6.07) is 13.8. The Bertz CT molecular complexity index is 1100. The standard InChI is InChI=1S/C21H20N4O/c1-14(2)12-25-13-16(11-23-25)24-21(26)19-10-15-6-3-4-7-17(15)18-8-5-9-22-20(18)19/h3-11,13-14H,12H2,1-2H3,(H,24,26). The fourth-order valence-electron chi connectivity index (χ4n) is 3.20. The number of nitrogens with zero attached hydrogens (tertiary/aromatic N) is 3. The summed E-state index contributed by atoms with van der Waals surface area (Å²) in [6.07, 6.45) is 5.25. The molecule has 5 nitrogen and oxygen atoms in total. The van der Waals surface area contributed by atoms with Crippen LogP contribution in [0.2, 0.25) is 0 Å². The summed E-state index contributed by atoms with van der Waals surface area (Å²) < 4.78 is 1.84. The van der Waals surface area contributed by atoms with Crippen LogP contribution in [0.5, 0.6) is 0 Å². The molecule has 2 heterocycles. The summed E-state index contributed by atoms with van der Waals surface area (Å²) in [7, 11) is 0. The van der Waals surface area contributed by atoms with Gasteiger partial charge in [0.1, 0.15) is 0 Å². The zero-order valence-electron chi connectivity index (χ0n) is 14.8. The third-order valence-electron chi connectivity index (χ3n) is 4.30. The molecular weight excluding hydrogens is 324 g/mol. The Morgan fingerprint density at radius 2 is 1.96 bits per heavy atom. The molecule has 5 heteroatoms. The molecule has 1 amide bonds. The maximum atomic E-state index is 12.9. The molecule has 2 aromatic carbocycles. The van der Waals surface area contributed by atoms with Crippen LogP contribution >= 0.6 is 0 Å². The molecule has 0 spiro atoms. The van der Waals surface area contributed by atoms with Crippen LogP contribution in [0, 0.1) is 5.92 Å². The number of hydrogen-bond donors (Lipinski definition) is 1. The first-order valence-corrected chi connectivity index (χ1v) is 8.72. The molecule has 2 aromatic heterocycles. The predicted octanol–water partition coefficient (Wildman–Crippen LogP) is 4.49. The zero-order valence-corrected chi connectivity index (χ0v) is 14.8. The number of anilines is 1. The van der Waals surface area contributed by atoms with Gasteiger partial charge in [-0.3, -0.25) is 14.5 Å². The molecule has 26 heavy (non-hydrogen) atoms. The van der Waals surface area contributed by atoms with E-state index in [1.165, 1.54) is 0 Å². The van der Waals surface area contributed by atoms with Crippen molar-refractivity contribution < 1.29 is 4.79 Å². The summed E-state index contributed by atoms with van der Waals surface area (Å²) in [6.45, 7) is 5.08. The summed E-state index contributed by atoms with van der Waals surface area (Å²) in [5.74, 6) is 0.315. The number of fused-ring (bicyclic) bond motifs is 3. The third kappa shape index (κ3) is 3.04. The molecule has 4 aromatic rings. The quantitative estimate of drug-likeness (QED) is 0.555. The number of rotatable bonds is 4. The molecule has 0 aliphatic heterocycles. The van der Waals surface area contributed by atoms with Gasteiger partial charge in [-0.05, 0) is 28.8 Å². The van der Waals surface area contributed by atoms with Crippen molar-refractivity contribution in [3.05, 3.63) is 66.6 Å². The first-order valence-electron chi connectivity index (χ1n) is 8.72. The molecule has 0 aliphatic carbocycles. The average molecular weight is 344 g/mol. The van der Waals surface area contributed by atoms with Crippen LogP contribution in [-0.2, 0) is 6.54 Å². The zero-order chi connectivity index (χ0) is 18.1. The van der Waals surface area contributed by atoms with E-state index in [1.54, 1.807) is 12.4 Å². The monoisotopic (exact) mass is 344 g/mol. The van der Waals surface area contributed by atoms with Gasteiger partial charge in [-0.25, -0.2) is 0 Å². The van der Waals surface area contributed by atoms with E-state index in [0.29, 0.717) is 22.7 Å². The van der Waals surface area contributed by atoms with Crippen molar-refractivity contribution >= 4 is 33.3 Å². The molecule has 0 bridgehead atoms. The van der Waals surface area contributed by atoms with Crippen molar-refractivity contribution in [2.45, 2.75) is 20.4 Å². The number of benzene rings is 2. The number of carbonyl (C=O) groups is 1. The second-order valence-corrected chi connectivity index (χ2v) is 6.84. The van der Waals surface area contributed by atoms with E-state index >= 15 is 0 Å². The van der Waals surface area contributed by atoms with Gasteiger partial charge in [0.15, 0.2) is 0 Å². The van der Waals surface area contributed by atoms with Gasteiger partial charge in [-0.1, -0.05) is 44.2 Å². The van der Waals surface area contributed by atoms with Gasteiger partial charge in [0.25, 0.3) is 5.91 Å². The van der Waals surface area contributed by atoms with E-state index in [4.69, 9.17) is 0 Å². The molecular formula is C21H20N4O. The minimum atomic E-state index is -0.177. The summed E-state index contributed by atoms with van der Waals surface area (Å²) in [5, 5.41) is 10.3. The first-order chi connectivity index (χ1) is 12.6. The Balaban J connectivity index is 1.73. The number of nitrogens with one attached hydrogen (secondary N) is 1. The molecule has 4 rings (SSSR count). The maximum absolute atomic E-state index is 12.9. The Morgan fingerprint density at radius 1 is 1.15 bits per heavy atom. The maximum Gasteiger partial charge on any atom is 0.257 e.